The Balaban J connectivity index is 1.88. The monoisotopic (exact) mass is 248 g/mol. The van der Waals surface area contributed by atoms with Crippen LogP contribution in [0.15, 0.2) is 23.3 Å². The molecule has 1 saturated carbocycles. The predicted octanol–water partition coefficient (Wildman–Crippen LogP) is 4.76. The maximum Gasteiger partial charge on any atom is 0.0599 e. The Morgan fingerprint density at radius 1 is 1.39 bits per heavy atom. The Morgan fingerprint density at radius 3 is 2.83 bits per heavy atom. The minimum Gasteiger partial charge on any atom is -0.393 e. The van der Waals surface area contributed by atoms with Crippen LogP contribution in [0.2, 0.25) is 0 Å². The van der Waals surface area contributed by atoms with Gasteiger partial charge in [-0.15, -0.1) is 0 Å². The Kier molecular flexibility index (Phi) is 4.66. The Bertz CT molecular complexity index is 336. The van der Waals surface area contributed by atoms with Gasteiger partial charge in [0, 0.05) is 5.41 Å². The van der Waals surface area contributed by atoms with Crippen molar-refractivity contribution in [1.82, 2.24) is 0 Å². The molecule has 0 amide bonds. The van der Waals surface area contributed by atoms with Gasteiger partial charge < -0.3 is 5.11 Å². The molecule has 1 heteroatoms. The van der Waals surface area contributed by atoms with Crippen LogP contribution in [0.3, 0.4) is 0 Å². The van der Waals surface area contributed by atoms with Crippen molar-refractivity contribution >= 4 is 0 Å². The standard InChI is InChI=1S/C17H28O/c1-14(2)6-5-7-15-9-12-17(13-10-15)11-4-3-8-16(17)18/h6,9,16,18H,3-5,7-8,10-13H2,1-2H3. The molecule has 0 saturated heterocycles. The number of rotatable bonds is 3. The molecule has 2 unspecified atom stereocenters. The first-order valence-corrected chi connectivity index (χ1v) is 7.62. The first-order chi connectivity index (χ1) is 8.62. The summed E-state index contributed by atoms with van der Waals surface area (Å²) in [6.45, 7) is 4.34. The molecule has 1 fully saturated rings. The predicted molar refractivity (Wildman–Crippen MR) is 77.5 cm³/mol. The number of hydrogen-bond acceptors (Lipinski definition) is 1. The molecule has 0 radical (unpaired) electrons. The van der Waals surface area contributed by atoms with E-state index in [-0.39, 0.29) is 11.5 Å². The quantitative estimate of drug-likeness (QED) is 0.714. The highest BCUT2D eigenvalue weighted by atomic mass is 16.3. The van der Waals surface area contributed by atoms with Gasteiger partial charge in [-0.1, -0.05) is 36.1 Å². The second-order valence-corrected chi connectivity index (χ2v) is 6.51. The summed E-state index contributed by atoms with van der Waals surface area (Å²) in [6.07, 6.45) is 15.5. The molecule has 2 rings (SSSR count). The lowest BCUT2D eigenvalue weighted by Crippen LogP contribution is -2.39. The molecule has 0 aromatic heterocycles. The Morgan fingerprint density at radius 2 is 2.22 bits per heavy atom. The van der Waals surface area contributed by atoms with Crippen LogP contribution in [0.25, 0.3) is 0 Å². The summed E-state index contributed by atoms with van der Waals surface area (Å²) in [4.78, 5) is 0. The van der Waals surface area contributed by atoms with Gasteiger partial charge in [-0.2, -0.15) is 0 Å². The molecule has 0 aliphatic heterocycles. The van der Waals surface area contributed by atoms with Crippen molar-refractivity contribution in [1.29, 1.82) is 0 Å². The van der Waals surface area contributed by atoms with E-state index in [0.29, 0.717) is 0 Å². The van der Waals surface area contributed by atoms with Gasteiger partial charge in [0.1, 0.15) is 0 Å². The van der Waals surface area contributed by atoms with Crippen LogP contribution in [0.1, 0.15) is 71.6 Å². The summed E-state index contributed by atoms with van der Waals surface area (Å²) in [7, 11) is 0. The van der Waals surface area contributed by atoms with Crippen molar-refractivity contribution < 1.29 is 5.11 Å². The van der Waals surface area contributed by atoms with Gasteiger partial charge in [0.2, 0.25) is 0 Å². The summed E-state index contributed by atoms with van der Waals surface area (Å²) in [5.41, 5.74) is 3.29. The molecule has 1 N–H and O–H groups in total. The summed E-state index contributed by atoms with van der Waals surface area (Å²) in [5, 5.41) is 10.3. The van der Waals surface area contributed by atoms with Crippen molar-refractivity contribution in [3.05, 3.63) is 23.3 Å². The van der Waals surface area contributed by atoms with Crippen LogP contribution in [0.5, 0.6) is 0 Å². The van der Waals surface area contributed by atoms with E-state index in [1.807, 2.05) is 0 Å². The van der Waals surface area contributed by atoms with Crippen LogP contribution < -0.4 is 0 Å². The lowest BCUT2D eigenvalue weighted by atomic mass is 9.64. The number of aliphatic hydroxyl groups excluding tert-OH is 1. The van der Waals surface area contributed by atoms with E-state index in [1.54, 1.807) is 5.57 Å². The molecule has 0 bridgehead atoms. The molecule has 18 heavy (non-hydrogen) atoms. The van der Waals surface area contributed by atoms with Crippen LogP contribution in [-0.2, 0) is 0 Å². The van der Waals surface area contributed by atoms with Crippen molar-refractivity contribution in [3.8, 4) is 0 Å². The molecule has 2 aliphatic rings. The maximum atomic E-state index is 10.3. The second kappa shape index (κ2) is 6.06. The fraction of sp³-hybridized carbons (Fsp3) is 0.765. The van der Waals surface area contributed by atoms with Crippen molar-refractivity contribution in [2.75, 3.05) is 0 Å². The molecule has 2 aliphatic carbocycles. The summed E-state index contributed by atoms with van der Waals surface area (Å²) >= 11 is 0. The van der Waals surface area contributed by atoms with Gasteiger partial charge in [-0.25, -0.2) is 0 Å². The highest BCUT2D eigenvalue weighted by Gasteiger charge is 2.40. The van der Waals surface area contributed by atoms with Crippen LogP contribution >= 0.6 is 0 Å². The van der Waals surface area contributed by atoms with Crippen LogP contribution in [0, 0.1) is 5.41 Å². The average Bonchev–Trinajstić information content (AvgIpc) is 2.35. The fourth-order valence-corrected chi connectivity index (χ4v) is 3.55. The molecule has 2 atom stereocenters. The lowest BCUT2D eigenvalue weighted by Gasteiger charge is -2.43. The smallest absolute Gasteiger partial charge is 0.0599 e. The van der Waals surface area contributed by atoms with E-state index >= 15 is 0 Å². The van der Waals surface area contributed by atoms with E-state index in [1.165, 1.54) is 50.5 Å². The lowest BCUT2D eigenvalue weighted by molar-refractivity contribution is -0.0192. The van der Waals surface area contributed by atoms with E-state index in [4.69, 9.17) is 0 Å². The zero-order valence-corrected chi connectivity index (χ0v) is 12.0. The normalized spacial score (nSPS) is 32.2. The average molecular weight is 248 g/mol. The first kappa shape index (κ1) is 13.9. The molecule has 0 aromatic carbocycles. The van der Waals surface area contributed by atoms with Crippen LogP contribution in [0.4, 0.5) is 0 Å². The van der Waals surface area contributed by atoms with E-state index in [9.17, 15) is 5.11 Å². The van der Waals surface area contributed by atoms with Gasteiger partial charge in [-0.05, 0) is 58.8 Å². The maximum absolute atomic E-state index is 10.3. The van der Waals surface area contributed by atoms with E-state index < -0.39 is 0 Å². The van der Waals surface area contributed by atoms with Gasteiger partial charge in [0.25, 0.3) is 0 Å². The summed E-state index contributed by atoms with van der Waals surface area (Å²) in [6, 6.07) is 0. The zero-order valence-electron chi connectivity index (χ0n) is 12.0. The van der Waals surface area contributed by atoms with Crippen molar-refractivity contribution in [2.24, 2.45) is 5.41 Å². The fourth-order valence-electron chi connectivity index (χ4n) is 3.55. The molecular formula is C17H28O. The highest BCUT2D eigenvalue weighted by Crippen LogP contribution is 2.47. The van der Waals surface area contributed by atoms with E-state index in [2.05, 4.69) is 26.0 Å². The topological polar surface area (TPSA) is 20.2 Å². The molecule has 0 aromatic rings. The van der Waals surface area contributed by atoms with Gasteiger partial charge in [-0.3, -0.25) is 0 Å². The highest BCUT2D eigenvalue weighted by molar-refractivity contribution is 5.13. The van der Waals surface area contributed by atoms with Gasteiger partial charge >= 0.3 is 0 Å². The van der Waals surface area contributed by atoms with Gasteiger partial charge in [0.15, 0.2) is 0 Å². The van der Waals surface area contributed by atoms with Gasteiger partial charge in [0.05, 0.1) is 6.10 Å². The summed E-state index contributed by atoms with van der Waals surface area (Å²) < 4.78 is 0. The second-order valence-electron chi connectivity index (χ2n) is 6.51. The number of allylic oxidation sites excluding steroid dienone is 4. The zero-order chi connectivity index (χ0) is 13.0. The third kappa shape index (κ3) is 3.26. The molecule has 1 spiro atoms. The number of hydrogen-bond donors (Lipinski definition) is 1. The summed E-state index contributed by atoms with van der Waals surface area (Å²) in [5.74, 6) is 0. The Labute approximate surface area is 112 Å². The SMILES string of the molecule is CC(C)=CCCC1=CCC2(CCCCC2O)CC1. The van der Waals surface area contributed by atoms with Crippen molar-refractivity contribution in [2.45, 2.75) is 77.7 Å². The molecular weight excluding hydrogens is 220 g/mol. The molecule has 102 valence electrons. The first-order valence-electron chi connectivity index (χ1n) is 7.62. The minimum absolute atomic E-state index is 0.0400. The van der Waals surface area contributed by atoms with Crippen LogP contribution in [-0.4, -0.2) is 11.2 Å². The minimum atomic E-state index is -0.0400. The molecule has 0 heterocycles. The Hall–Kier alpha value is -0.560. The van der Waals surface area contributed by atoms with E-state index in [0.717, 1.165) is 12.8 Å². The largest absolute Gasteiger partial charge is 0.393 e. The number of aliphatic hydroxyl groups is 1. The van der Waals surface area contributed by atoms with Crippen molar-refractivity contribution in [3.63, 3.8) is 0 Å². The third-order valence-electron chi connectivity index (χ3n) is 4.87. The molecule has 1 nitrogen and oxygen atoms in total. The third-order valence-corrected chi connectivity index (χ3v) is 4.87.